The molecule has 3 aromatic carbocycles. The number of hydrogen-bond donors (Lipinski definition) is 2. The minimum absolute atomic E-state index is 0.00456. The molecule has 0 aliphatic heterocycles. The van der Waals surface area contributed by atoms with Crippen molar-refractivity contribution in [3.8, 4) is 11.1 Å². The molecule has 3 aromatic rings. The van der Waals surface area contributed by atoms with Crippen LogP contribution in [0.3, 0.4) is 0 Å². The number of rotatable bonds is 13. The zero-order chi connectivity index (χ0) is 33.4. The molecule has 2 amide bonds. The van der Waals surface area contributed by atoms with Crippen LogP contribution in [-0.2, 0) is 25.5 Å². The van der Waals surface area contributed by atoms with E-state index >= 15 is 0 Å². The number of carbonyl (C=O) groups excluding carboxylic acids is 4. The normalized spacial score (nSPS) is 13.7. The zero-order valence-corrected chi connectivity index (χ0v) is 27.7. The maximum Gasteiger partial charge on any atom is 0.407 e. The van der Waals surface area contributed by atoms with Crippen molar-refractivity contribution in [3.63, 3.8) is 0 Å². The molecule has 2 N–H and O–H groups in total. The summed E-state index contributed by atoms with van der Waals surface area (Å²) in [5, 5.41) is 5.73. The lowest BCUT2D eigenvalue weighted by molar-refractivity contribution is -0.130. The summed E-state index contributed by atoms with van der Waals surface area (Å²) in [7, 11) is 0. The van der Waals surface area contributed by atoms with E-state index in [4.69, 9.17) is 9.47 Å². The van der Waals surface area contributed by atoms with Crippen LogP contribution in [0.15, 0.2) is 72.8 Å². The van der Waals surface area contributed by atoms with Crippen LogP contribution in [0.5, 0.6) is 0 Å². The highest BCUT2D eigenvalue weighted by Crippen LogP contribution is 2.44. The number of alkyl carbamates (subject to hydrolysis) is 1. The quantitative estimate of drug-likeness (QED) is 0.159. The summed E-state index contributed by atoms with van der Waals surface area (Å²) >= 11 is 0. The number of Topliss-reactive ketones (excluding diaryl/α,β-unsaturated/α-hetero) is 1. The van der Waals surface area contributed by atoms with E-state index in [2.05, 4.69) is 34.9 Å². The molecule has 46 heavy (non-hydrogen) atoms. The molecule has 1 aliphatic carbocycles. The Morgan fingerprint density at radius 2 is 1.41 bits per heavy atom. The van der Waals surface area contributed by atoms with Gasteiger partial charge in [0.05, 0.1) is 11.6 Å². The number of hydrogen-bond acceptors (Lipinski definition) is 6. The Bertz CT molecular complexity index is 1490. The van der Waals surface area contributed by atoms with Crippen molar-refractivity contribution in [3.05, 3.63) is 95.1 Å². The van der Waals surface area contributed by atoms with E-state index in [1.165, 1.54) is 11.1 Å². The van der Waals surface area contributed by atoms with Gasteiger partial charge < -0.3 is 20.1 Å². The van der Waals surface area contributed by atoms with E-state index in [1.54, 1.807) is 24.3 Å². The number of carbonyl (C=O) groups is 4. The van der Waals surface area contributed by atoms with E-state index in [0.717, 1.165) is 16.7 Å². The largest absolute Gasteiger partial charge is 0.456 e. The van der Waals surface area contributed by atoms with Gasteiger partial charge in [0.25, 0.3) is 0 Å². The summed E-state index contributed by atoms with van der Waals surface area (Å²) in [6, 6.07) is 22.5. The van der Waals surface area contributed by atoms with E-state index in [9.17, 15) is 19.2 Å². The van der Waals surface area contributed by atoms with Crippen molar-refractivity contribution >= 4 is 23.8 Å². The van der Waals surface area contributed by atoms with Crippen molar-refractivity contribution in [2.75, 3.05) is 13.2 Å². The SMILES string of the molecule is CC(C)C(NC(=O)[C@H](C)CCCNC(=O)OCC1c2ccccc2-c2ccccc21)C(=O)Cc1ccc(C(=O)OC(C)(C)C)cc1. The summed E-state index contributed by atoms with van der Waals surface area (Å²) in [6.07, 6.45) is 0.781. The number of ketones is 1. The first-order chi connectivity index (χ1) is 21.8. The minimum Gasteiger partial charge on any atom is -0.456 e. The van der Waals surface area contributed by atoms with Gasteiger partial charge in [-0.2, -0.15) is 0 Å². The van der Waals surface area contributed by atoms with Crippen LogP contribution in [0.1, 0.15) is 87.4 Å². The number of ether oxygens (including phenoxy) is 2. The third-order valence-electron chi connectivity index (χ3n) is 8.15. The fourth-order valence-corrected chi connectivity index (χ4v) is 5.70. The number of nitrogens with one attached hydrogen (secondary N) is 2. The number of benzene rings is 3. The topological polar surface area (TPSA) is 111 Å². The predicted octanol–water partition coefficient (Wildman–Crippen LogP) is 6.85. The Morgan fingerprint density at radius 1 is 0.826 bits per heavy atom. The summed E-state index contributed by atoms with van der Waals surface area (Å²) in [4.78, 5) is 51.0. The Balaban J connectivity index is 1.19. The molecule has 1 aliphatic rings. The van der Waals surface area contributed by atoms with Crippen molar-refractivity contribution < 1.29 is 28.7 Å². The Morgan fingerprint density at radius 3 is 1.98 bits per heavy atom. The molecule has 0 bridgehead atoms. The molecule has 0 fully saturated rings. The first-order valence-electron chi connectivity index (χ1n) is 16.1. The molecule has 8 nitrogen and oxygen atoms in total. The molecule has 4 rings (SSSR count). The molecule has 0 radical (unpaired) electrons. The lowest BCUT2D eigenvalue weighted by Crippen LogP contribution is -2.47. The van der Waals surface area contributed by atoms with Gasteiger partial charge >= 0.3 is 12.1 Å². The molecular weight excluding hydrogens is 580 g/mol. The molecule has 0 saturated carbocycles. The lowest BCUT2D eigenvalue weighted by Gasteiger charge is -2.23. The third kappa shape index (κ3) is 9.05. The number of esters is 1. The van der Waals surface area contributed by atoms with E-state index in [-0.39, 0.29) is 42.5 Å². The van der Waals surface area contributed by atoms with Gasteiger partial charge in [0.1, 0.15) is 12.2 Å². The van der Waals surface area contributed by atoms with E-state index in [0.29, 0.717) is 24.9 Å². The maximum absolute atomic E-state index is 13.2. The highest BCUT2D eigenvalue weighted by atomic mass is 16.6. The van der Waals surface area contributed by atoms with Crippen LogP contribution in [0.25, 0.3) is 11.1 Å². The van der Waals surface area contributed by atoms with Crippen LogP contribution in [0, 0.1) is 11.8 Å². The maximum atomic E-state index is 13.2. The van der Waals surface area contributed by atoms with Crippen molar-refractivity contribution in [2.24, 2.45) is 11.8 Å². The minimum atomic E-state index is -0.639. The summed E-state index contributed by atoms with van der Waals surface area (Å²) in [5.41, 5.74) is 5.25. The summed E-state index contributed by atoms with van der Waals surface area (Å²) in [5.74, 6) is -1.16. The Kier molecular flexibility index (Phi) is 11.4. The molecule has 2 atom stereocenters. The average molecular weight is 627 g/mol. The van der Waals surface area contributed by atoms with Crippen molar-refractivity contribution in [1.29, 1.82) is 0 Å². The molecule has 8 heteroatoms. The summed E-state index contributed by atoms with van der Waals surface area (Å²) < 4.78 is 11.0. The van der Waals surface area contributed by atoms with Gasteiger partial charge in [0.2, 0.25) is 5.91 Å². The van der Waals surface area contributed by atoms with Crippen LogP contribution < -0.4 is 10.6 Å². The van der Waals surface area contributed by atoms with Gasteiger partial charge in [-0.15, -0.1) is 0 Å². The van der Waals surface area contributed by atoms with E-state index in [1.807, 2.05) is 65.8 Å². The van der Waals surface area contributed by atoms with Gasteiger partial charge in [-0.05, 0) is 79.5 Å². The second-order valence-corrected chi connectivity index (χ2v) is 13.4. The van der Waals surface area contributed by atoms with Crippen molar-refractivity contribution in [2.45, 2.75) is 78.4 Å². The molecule has 0 saturated heterocycles. The fourth-order valence-electron chi connectivity index (χ4n) is 5.70. The Labute approximate surface area is 272 Å². The monoisotopic (exact) mass is 626 g/mol. The highest BCUT2D eigenvalue weighted by Gasteiger charge is 2.29. The molecule has 1 unspecified atom stereocenters. The van der Waals surface area contributed by atoms with Gasteiger partial charge in [-0.1, -0.05) is 81.4 Å². The first kappa shape index (κ1) is 34.4. The highest BCUT2D eigenvalue weighted by molar-refractivity contribution is 5.92. The van der Waals surface area contributed by atoms with Crippen molar-refractivity contribution in [1.82, 2.24) is 10.6 Å². The molecule has 0 spiro atoms. The lowest BCUT2D eigenvalue weighted by atomic mass is 9.93. The molecule has 0 heterocycles. The number of amides is 2. The van der Waals surface area contributed by atoms with Crippen LogP contribution in [0.2, 0.25) is 0 Å². The van der Waals surface area contributed by atoms with Gasteiger partial charge in [0.15, 0.2) is 5.78 Å². The second-order valence-electron chi connectivity index (χ2n) is 13.4. The predicted molar refractivity (Wildman–Crippen MR) is 179 cm³/mol. The number of fused-ring (bicyclic) bond motifs is 3. The molecule has 244 valence electrons. The second kappa shape index (κ2) is 15.2. The Hall–Kier alpha value is -4.46. The first-order valence-corrected chi connectivity index (χ1v) is 16.1. The summed E-state index contributed by atoms with van der Waals surface area (Å²) in [6.45, 7) is 11.7. The molecule has 0 aromatic heterocycles. The van der Waals surface area contributed by atoms with Crippen LogP contribution in [-0.4, -0.2) is 48.5 Å². The van der Waals surface area contributed by atoms with Gasteiger partial charge in [-0.25, -0.2) is 9.59 Å². The van der Waals surface area contributed by atoms with Gasteiger partial charge in [0, 0.05) is 24.8 Å². The van der Waals surface area contributed by atoms with Gasteiger partial charge in [-0.3, -0.25) is 9.59 Å². The van der Waals surface area contributed by atoms with Crippen LogP contribution in [0.4, 0.5) is 4.79 Å². The zero-order valence-electron chi connectivity index (χ0n) is 27.7. The smallest absolute Gasteiger partial charge is 0.407 e. The fraction of sp³-hybridized carbons (Fsp3) is 0.421. The third-order valence-corrected chi connectivity index (χ3v) is 8.15. The average Bonchev–Trinajstić information content (AvgIpc) is 3.33. The molecular formula is C38H46N2O6. The van der Waals surface area contributed by atoms with E-state index < -0.39 is 23.7 Å². The standard InChI is InChI=1S/C38H46N2O6/c1-24(2)34(33(41)22-26-17-19-27(20-18-26)36(43)46-38(4,5)6)40-35(42)25(3)12-11-21-39-37(44)45-23-32-30-15-9-7-13-28(30)29-14-8-10-16-31(29)32/h7-10,13-20,24-25,32,34H,11-12,21-23H2,1-6H3,(H,39,44)(H,40,42)/t25-,34?/m1/s1. The van der Waals surface area contributed by atoms with Crippen LogP contribution >= 0.6 is 0 Å².